The number of benzene rings is 3. The molecule has 5 heteroatoms. The average molecular weight is 430 g/mol. The minimum absolute atomic E-state index is 0.175. The second-order valence-corrected chi connectivity index (χ2v) is 10.1. The SMILES string of the molecule is C=[PH](C)COC(Cc1ccccc1)C(c1ccccc1)c1nc2ccccc2[nH]c1=O. The molecule has 0 aliphatic rings. The van der Waals surface area contributed by atoms with Crippen LogP contribution >= 0.6 is 7.55 Å². The lowest BCUT2D eigenvalue weighted by atomic mass is 9.87. The van der Waals surface area contributed by atoms with Crippen molar-refractivity contribution in [1.29, 1.82) is 0 Å². The highest BCUT2D eigenvalue weighted by molar-refractivity contribution is 7.54. The molecule has 0 radical (unpaired) electrons. The van der Waals surface area contributed by atoms with Crippen molar-refractivity contribution >= 4 is 24.9 Å². The van der Waals surface area contributed by atoms with Crippen molar-refractivity contribution < 1.29 is 4.74 Å². The number of hydrogen-bond donors (Lipinski definition) is 1. The smallest absolute Gasteiger partial charge is 0.270 e. The molecule has 4 rings (SSSR count). The average Bonchev–Trinajstić information content (AvgIpc) is 2.79. The molecule has 0 saturated heterocycles. The molecule has 3 atom stereocenters. The molecule has 1 aromatic heterocycles. The number of H-pyrrole nitrogens is 1. The van der Waals surface area contributed by atoms with Gasteiger partial charge in [0.1, 0.15) is 5.69 Å². The summed E-state index contributed by atoms with van der Waals surface area (Å²) in [5, 5.41) is 0. The van der Waals surface area contributed by atoms with Crippen LogP contribution in [0.4, 0.5) is 0 Å². The predicted molar refractivity (Wildman–Crippen MR) is 132 cm³/mol. The van der Waals surface area contributed by atoms with Gasteiger partial charge in [-0.2, -0.15) is 0 Å². The van der Waals surface area contributed by atoms with E-state index in [9.17, 15) is 4.79 Å². The Morgan fingerprint density at radius 1 is 0.968 bits per heavy atom. The molecule has 3 aromatic carbocycles. The summed E-state index contributed by atoms with van der Waals surface area (Å²) in [7, 11) is -0.840. The van der Waals surface area contributed by atoms with Crippen LogP contribution in [-0.2, 0) is 11.2 Å². The van der Waals surface area contributed by atoms with Crippen molar-refractivity contribution in [2.45, 2.75) is 18.4 Å². The Bertz CT molecular complexity index is 1220. The van der Waals surface area contributed by atoms with Gasteiger partial charge in [0.25, 0.3) is 5.56 Å². The zero-order valence-corrected chi connectivity index (χ0v) is 18.6. The van der Waals surface area contributed by atoms with Crippen molar-refractivity contribution in [3.05, 3.63) is 112 Å². The van der Waals surface area contributed by atoms with E-state index in [-0.39, 0.29) is 17.6 Å². The van der Waals surface area contributed by atoms with E-state index < -0.39 is 7.55 Å². The van der Waals surface area contributed by atoms with E-state index in [1.54, 1.807) is 0 Å². The minimum Gasteiger partial charge on any atom is -0.373 e. The number of rotatable bonds is 8. The monoisotopic (exact) mass is 430 g/mol. The van der Waals surface area contributed by atoms with Crippen molar-refractivity contribution in [2.24, 2.45) is 0 Å². The van der Waals surface area contributed by atoms with E-state index >= 15 is 0 Å². The second-order valence-electron chi connectivity index (χ2n) is 7.85. The van der Waals surface area contributed by atoms with Gasteiger partial charge in [-0.25, -0.2) is 4.98 Å². The number of nitrogens with zero attached hydrogens (tertiary/aromatic N) is 1. The van der Waals surface area contributed by atoms with Crippen LogP contribution in [0, 0.1) is 0 Å². The van der Waals surface area contributed by atoms with Gasteiger partial charge in [0, 0.05) is 0 Å². The Morgan fingerprint density at radius 2 is 1.61 bits per heavy atom. The number of fused-ring (bicyclic) bond motifs is 1. The lowest BCUT2D eigenvalue weighted by Crippen LogP contribution is -2.31. The van der Waals surface area contributed by atoms with Crippen LogP contribution in [0.25, 0.3) is 11.0 Å². The molecule has 0 spiro atoms. The molecule has 0 bridgehead atoms. The van der Waals surface area contributed by atoms with Crippen LogP contribution in [0.5, 0.6) is 0 Å². The highest BCUT2D eigenvalue weighted by atomic mass is 31.1. The van der Waals surface area contributed by atoms with Gasteiger partial charge in [0.2, 0.25) is 0 Å². The first kappa shape index (κ1) is 21.3. The molecule has 4 aromatic rings. The van der Waals surface area contributed by atoms with E-state index in [0.717, 1.165) is 16.6 Å². The van der Waals surface area contributed by atoms with Crippen LogP contribution in [-0.4, -0.2) is 35.4 Å². The Hall–Kier alpha value is -2.94. The summed E-state index contributed by atoms with van der Waals surface area (Å²) in [4.78, 5) is 21.0. The minimum atomic E-state index is -0.840. The Labute approximate surface area is 183 Å². The van der Waals surface area contributed by atoms with Crippen LogP contribution in [0.15, 0.2) is 89.7 Å². The maximum absolute atomic E-state index is 13.2. The van der Waals surface area contributed by atoms with Gasteiger partial charge in [-0.15, -0.1) is 13.8 Å². The Morgan fingerprint density at radius 3 is 2.32 bits per heavy atom. The molecule has 31 heavy (non-hydrogen) atoms. The van der Waals surface area contributed by atoms with Gasteiger partial charge >= 0.3 is 0 Å². The number of aromatic amines is 1. The fourth-order valence-corrected chi connectivity index (χ4v) is 4.33. The summed E-state index contributed by atoms with van der Waals surface area (Å²) in [6.45, 7) is 2.13. The topological polar surface area (TPSA) is 55.0 Å². The molecule has 1 heterocycles. The van der Waals surface area contributed by atoms with Crippen molar-refractivity contribution in [2.75, 3.05) is 13.0 Å². The first-order valence-corrected chi connectivity index (χ1v) is 12.9. The molecule has 0 fully saturated rings. The number of para-hydroxylation sites is 2. The lowest BCUT2D eigenvalue weighted by Gasteiger charge is -2.28. The molecule has 0 aliphatic carbocycles. The van der Waals surface area contributed by atoms with Crippen LogP contribution in [0.2, 0.25) is 0 Å². The summed E-state index contributed by atoms with van der Waals surface area (Å²) >= 11 is 0. The molecule has 0 amide bonds. The van der Waals surface area contributed by atoms with E-state index in [1.807, 2.05) is 72.8 Å². The lowest BCUT2D eigenvalue weighted by molar-refractivity contribution is 0.0748. The number of aromatic nitrogens is 2. The zero-order chi connectivity index (χ0) is 21.6. The normalized spacial score (nSPS) is 14.2. The van der Waals surface area contributed by atoms with Crippen LogP contribution in [0.3, 0.4) is 0 Å². The van der Waals surface area contributed by atoms with E-state index in [4.69, 9.17) is 9.72 Å². The third-order valence-electron chi connectivity index (χ3n) is 5.27. The predicted octanol–water partition coefficient (Wildman–Crippen LogP) is 4.92. The largest absolute Gasteiger partial charge is 0.373 e. The summed E-state index contributed by atoms with van der Waals surface area (Å²) in [6.07, 6.45) is 5.23. The molecule has 4 nitrogen and oxygen atoms in total. The highest BCUT2D eigenvalue weighted by Crippen LogP contribution is 2.31. The Kier molecular flexibility index (Phi) is 6.81. The molecule has 3 unspecified atom stereocenters. The van der Waals surface area contributed by atoms with Gasteiger partial charge in [-0.05, 0) is 36.3 Å². The summed E-state index contributed by atoms with van der Waals surface area (Å²) in [5.74, 6) is -0.295. The van der Waals surface area contributed by atoms with Crippen LogP contribution in [0.1, 0.15) is 22.7 Å². The van der Waals surface area contributed by atoms with Crippen molar-refractivity contribution in [3.8, 4) is 0 Å². The highest BCUT2D eigenvalue weighted by Gasteiger charge is 2.30. The third kappa shape index (κ3) is 5.22. The molecule has 158 valence electrons. The van der Waals surface area contributed by atoms with Gasteiger partial charge in [0.05, 0.1) is 29.4 Å². The number of hydrogen-bond acceptors (Lipinski definition) is 3. The summed E-state index contributed by atoms with van der Waals surface area (Å²) < 4.78 is 6.44. The number of ether oxygens (including phenoxy) is 1. The molecule has 0 saturated carbocycles. The fourth-order valence-electron chi connectivity index (χ4n) is 3.83. The molecular weight excluding hydrogens is 403 g/mol. The maximum atomic E-state index is 13.2. The maximum Gasteiger partial charge on any atom is 0.270 e. The summed E-state index contributed by atoms with van der Waals surface area (Å²) in [5.41, 5.74) is 4.00. The first-order valence-electron chi connectivity index (χ1n) is 10.5. The van der Waals surface area contributed by atoms with Crippen LogP contribution < -0.4 is 5.56 Å². The van der Waals surface area contributed by atoms with Crippen molar-refractivity contribution in [1.82, 2.24) is 9.97 Å². The number of nitrogens with one attached hydrogen (secondary N) is 1. The first-order chi connectivity index (χ1) is 15.1. The van der Waals surface area contributed by atoms with Gasteiger partial charge < -0.3 is 9.72 Å². The second kappa shape index (κ2) is 9.91. The van der Waals surface area contributed by atoms with E-state index in [1.165, 1.54) is 5.56 Å². The fraction of sp³-hybridized carbons (Fsp3) is 0.192. The molecule has 0 aliphatic heterocycles. The van der Waals surface area contributed by atoms with Gasteiger partial charge in [0.15, 0.2) is 0 Å². The van der Waals surface area contributed by atoms with Crippen molar-refractivity contribution in [3.63, 3.8) is 0 Å². The molecule has 1 N–H and O–H groups in total. The van der Waals surface area contributed by atoms with Gasteiger partial charge in [-0.3, -0.25) is 4.79 Å². The third-order valence-corrected chi connectivity index (χ3v) is 5.93. The molecular formula is C26H27N2O2P. The Balaban J connectivity index is 1.85. The zero-order valence-electron chi connectivity index (χ0n) is 17.6. The quantitative estimate of drug-likeness (QED) is 0.404. The van der Waals surface area contributed by atoms with Gasteiger partial charge in [-0.1, -0.05) is 72.8 Å². The van der Waals surface area contributed by atoms with E-state index in [2.05, 4.69) is 30.1 Å². The standard InChI is InChI=1S/C26H27N2O2P/c1-31(2)18-30-23(17-19-11-5-3-6-12-19)24(20-13-7-4-8-14-20)25-26(29)28-22-16-10-9-15-21(22)27-25/h3-16,23-24,31H,1,17-18H2,2H3,(H,28,29). The van der Waals surface area contributed by atoms with E-state index in [0.29, 0.717) is 18.5 Å². The summed E-state index contributed by atoms with van der Waals surface area (Å²) in [6, 6.07) is 27.9.